The van der Waals surface area contributed by atoms with Crippen molar-refractivity contribution in [3.05, 3.63) is 59.7 Å². The van der Waals surface area contributed by atoms with Gasteiger partial charge in [0.15, 0.2) is 0 Å². The smallest absolute Gasteiger partial charge is 0.234 e. The highest BCUT2D eigenvalue weighted by molar-refractivity contribution is 6.04. The Balaban J connectivity index is 1.87. The van der Waals surface area contributed by atoms with Crippen LogP contribution in [-0.4, -0.2) is 11.4 Å². The topological polar surface area (TPSA) is 32.3 Å². The van der Waals surface area contributed by atoms with Crippen molar-refractivity contribution in [2.24, 2.45) is 5.92 Å². The van der Waals surface area contributed by atoms with Crippen molar-refractivity contribution in [2.45, 2.75) is 46.2 Å². The standard InChI is InChI=1S/C21H26N2O/c1-15-13-17-7-5-6-8-19(17)23(20(15)24)18-11-9-16(10-12-18)14-22-21(2,3)4/h5-12,15,22H,13-14H2,1-4H3. The van der Waals surface area contributed by atoms with E-state index < -0.39 is 0 Å². The summed E-state index contributed by atoms with van der Waals surface area (Å²) in [6, 6.07) is 16.5. The maximum Gasteiger partial charge on any atom is 0.234 e. The predicted octanol–water partition coefficient (Wildman–Crippen LogP) is 4.43. The fraction of sp³-hybridized carbons (Fsp3) is 0.381. The average molecular weight is 322 g/mol. The summed E-state index contributed by atoms with van der Waals surface area (Å²) in [6.45, 7) is 9.31. The SMILES string of the molecule is CC1Cc2ccccc2N(c2ccc(CNC(C)(C)C)cc2)C1=O. The van der Waals surface area contributed by atoms with Gasteiger partial charge in [0.1, 0.15) is 0 Å². The van der Waals surface area contributed by atoms with Crippen molar-refractivity contribution in [1.29, 1.82) is 0 Å². The van der Waals surface area contributed by atoms with E-state index in [1.54, 1.807) is 0 Å². The van der Waals surface area contributed by atoms with Gasteiger partial charge in [0.25, 0.3) is 0 Å². The number of nitrogens with one attached hydrogen (secondary N) is 1. The van der Waals surface area contributed by atoms with Crippen LogP contribution >= 0.6 is 0 Å². The lowest BCUT2D eigenvalue weighted by atomic mass is 9.92. The van der Waals surface area contributed by atoms with E-state index >= 15 is 0 Å². The molecule has 0 fully saturated rings. The van der Waals surface area contributed by atoms with E-state index in [0.717, 1.165) is 24.3 Å². The lowest BCUT2D eigenvalue weighted by molar-refractivity contribution is -0.121. The summed E-state index contributed by atoms with van der Waals surface area (Å²) in [5.74, 6) is 0.191. The van der Waals surface area contributed by atoms with E-state index in [1.807, 2.05) is 42.2 Å². The van der Waals surface area contributed by atoms with Gasteiger partial charge in [-0.2, -0.15) is 0 Å². The minimum Gasteiger partial charge on any atom is -0.308 e. The molecule has 24 heavy (non-hydrogen) atoms. The minimum atomic E-state index is 0.0159. The maximum absolute atomic E-state index is 12.7. The number of amides is 1. The molecule has 1 N–H and O–H groups in total. The van der Waals surface area contributed by atoms with Crippen LogP contribution in [0.4, 0.5) is 11.4 Å². The Morgan fingerprint density at radius 2 is 1.75 bits per heavy atom. The number of hydrogen-bond acceptors (Lipinski definition) is 2. The van der Waals surface area contributed by atoms with E-state index in [0.29, 0.717) is 0 Å². The van der Waals surface area contributed by atoms with Gasteiger partial charge in [0, 0.05) is 23.7 Å². The summed E-state index contributed by atoms with van der Waals surface area (Å²) in [6.07, 6.45) is 0.819. The molecule has 1 amide bonds. The third kappa shape index (κ3) is 3.51. The summed E-state index contributed by atoms with van der Waals surface area (Å²) in [4.78, 5) is 14.6. The molecule has 0 spiro atoms. The van der Waals surface area contributed by atoms with E-state index in [1.165, 1.54) is 11.1 Å². The van der Waals surface area contributed by atoms with Crippen molar-refractivity contribution in [2.75, 3.05) is 4.90 Å². The molecule has 1 heterocycles. The zero-order valence-corrected chi connectivity index (χ0v) is 15.0. The van der Waals surface area contributed by atoms with E-state index in [-0.39, 0.29) is 17.4 Å². The van der Waals surface area contributed by atoms with Crippen LogP contribution in [0.15, 0.2) is 48.5 Å². The van der Waals surface area contributed by atoms with Crippen molar-refractivity contribution < 1.29 is 4.79 Å². The first kappa shape index (κ1) is 16.7. The molecule has 3 rings (SSSR count). The summed E-state index contributed by atoms with van der Waals surface area (Å²) < 4.78 is 0. The highest BCUT2D eigenvalue weighted by atomic mass is 16.2. The third-order valence-electron chi connectivity index (χ3n) is 4.42. The summed E-state index contributed by atoms with van der Waals surface area (Å²) >= 11 is 0. The molecule has 0 bridgehead atoms. The Labute approximate surface area is 144 Å². The number of para-hydroxylation sites is 1. The van der Waals surface area contributed by atoms with Crippen LogP contribution in [0.1, 0.15) is 38.8 Å². The molecule has 0 saturated carbocycles. The average Bonchev–Trinajstić information content (AvgIpc) is 2.54. The first-order valence-electron chi connectivity index (χ1n) is 8.61. The quantitative estimate of drug-likeness (QED) is 0.906. The molecule has 3 heteroatoms. The van der Waals surface area contributed by atoms with E-state index in [9.17, 15) is 4.79 Å². The first-order chi connectivity index (χ1) is 11.3. The van der Waals surface area contributed by atoms with E-state index in [4.69, 9.17) is 0 Å². The molecule has 2 aromatic rings. The molecule has 0 saturated heterocycles. The van der Waals surface area contributed by atoms with Crippen LogP contribution < -0.4 is 10.2 Å². The Morgan fingerprint density at radius 3 is 2.42 bits per heavy atom. The normalized spacial score (nSPS) is 17.8. The van der Waals surface area contributed by atoms with Gasteiger partial charge in [-0.05, 0) is 56.5 Å². The van der Waals surface area contributed by atoms with Crippen molar-refractivity contribution in [1.82, 2.24) is 5.32 Å². The number of benzene rings is 2. The van der Waals surface area contributed by atoms with Gasteiger partial charge in [0.05, 0.1) is 5.69 Å². The molecule has 0 aliphatic carbocycles. The van der Waals surface area contributed by atoms with Crippen LogP contribution in [-0.2, 0) is 17.8 Å². The van der Waals surface area contributed by atoms with Crippen molar-refractivity contribution in [3.8, 4) is 0 Å². The van der Waals surface area contributed by atoms with Crippen molar-refractivity contribution >= 4 is 17.3 Å². The number of anilines is 2. The number of nitrogens with zero attached hydrogens (tertiary/aromatic N) is 1. The number of rotatable bonds is 3. The Morgan fingerprint density at radius 1 is 1.08 bits per heavy atom. The lowest BCUT2D eigenvalue weighted by Gasteiger charge is -2.33. The fourth-order valence-corrected chi connectivity index (χ4v) is 3.05. The number of fused-ring (bicyclic) bond motifs is 1. The Kier molecular flexibility index (Phi) is 4.46. The third-order valence-corrected chi connectivity index (χ3v) is 4.42. The summed E-state index contributed by atoms with van der Waals surface area (Å²) in [7, 11) is 0. The molecule has 0 radical (unpaired) electrons. The fourth-order valence-electron chi connectivity index (χ4n) is 3.05. The van der Waals surface area contributed by atoms with Crippen LogP contribution in [0.5, 0.6) is 0 Å². The first-order valence-corrected chi connectivity index (χ1v) is 8.61. The molecular weight excluding hydrogens is 296 g/mol. The largest absolute Gasteiger partial charge is 0.308 e. The van der Waals surface area contributed by atoms with Crippen LogP contribution in [0.3, 0.4) is 0 Å². The minimum absolute atomic E-state index is 0.0159. The summed E-state index contributed by atoms with van der Waals surface area (Å²) in [5.41, 5.74) is 4.51. The Bertz CT molecular complexity index is 728. The molecule has 0 aromatic heterocycles. The highest BCUT2D eigenvalue weighted by Crippen LogP contribution is 2.36. The molecule has 126 valence electrons. The predicted molar refractivity (Wildman–Crippen MR) is 99.5 cm³/mol. The molecule has 1 unspecified atom stereocenters. The zero-order valence-electron chi connectivity index (χ0n) is 15.0. The number of hydrogen-bond donors (Lipinski definition) is 1. The zero-order chi connectivity index (χ0) is 17.3. The molecule has 3 nitrogen and oxygen atoms in total. The second kappa shape index (κ2) is 6.40. The van der Waals surface area contributed by atoms with Gasteiger partial charge in [-0.25, -0.2) is 0 Å². The second-order valence-corrected chi connectivity index (χ2v) is 7.68. The summed E-state index contributed by atoms with van der Waals surface area (Å²) in [5, 5.41) is 3.49. The van der Waals surface area contributed by atoms with Gasteiger partial charge in [-0.15, -0.1) is 0 Å². The molecule has 2 aromatic carbocycles. The van der Waals surface area contributed by atoms with Crippen LogP contribution in [0, 0.1) is 5.92 Å². The van der Waals surface area contributed by atoms with Crippen LogP contribution in [0.2, 0.25) is 0 Å². The van der Waals surface area contributed by atoms with E-state index in [2.05, 4.69) is 44.3 Å². The van der Waals surface area contributed by atoms with Gasteiger partial charge in [-0.3, -0.25) is 9.69 Å². The van der Waals surface area contributed by atoms with Gasteiger partial charge in [0.2, 0.25) is 5.91 Å². The second-order valence-electron chi connectivity index (χ2n) is 7.68. The van der Waals surface area contributed by atoms with Gasteiger partial charge in [-0.1, -0.05) is 37.3 Å². The molecular formula is C21H26N2O. The highest BCUT2D eigenvalue weighted by Gasteiger charge is 2.30. The molecule has 1 atom stereocenters. The van der Waals surface area contributed by atoms with Gasteiger partial charge >= 0.3 is 0 Å². The molecule has 1 aliphatic rings. The number of carbonyl (C=O) groups excluding carboxylic acids is 1. The Hall–Kier alpha value is -2.13. The van der Waals surface area contributed by atoms with Crippen molar-refractivity contribution in [3.63, 3.8) is 0 Å². The van der Waals surface area contributed by atoms with Gasteiger partial charge < -0.3 is 5.32 Å². The van der Waals surface area contributed by atoms with Crippen LogP contribution in [0.25, 0.3) is 0 Å². The molecule has 1 aliphatic heterocycles. The lowest BCUT2D eigenvalue weighted by Crippen LogP contribution is -2.37. The number of carbonyl (C=O) groups is 1. The monoisotopic (exact) mass is 322 g/mol. The maximum atomic E-state index is 12.7.